The number of hydrogen-bond donors (Lipinski definition) is 0. The Morgan fingerprint density at radius 2 is 1.48 bits per heavy atom. The predicted octanol–water partition coefficient (Wildman–Crippen LogP) is 5.91. The number of rotatable bonds is 2. The monoisotopic (exact) mass is 362 g/mol. The highest BCUT2D eigenvalue weighted by Gasteiger charge is 2.47. The van der Waals surface area contributed by atoms with Crippen LogP contribution in [0, 0.1) is 0 Å². The quantitative estimate of drug-likeness (QED) is 0.622. The second-order valence-corrected chi connectivity index (χ2v) is 7.91. The van der Waals surface area contributed by atoms with Gasteiger partial charge in [-0.25, -0.2) is 9.78 Å². The van der Waals surface area contributed by atoms with Gasteiger partial charge in [-0.1, -0.05) is 67.1 Å². The molecule has 2 fully saturated rings. The first-order valence-corrected chi connectivity index (χ1v) is 10.2. The molecule has 0 radical (unpaired) electrons. The van der Waals surface area contributed by atoms with Gasteiger partial charge in [-0.05, 0) is 47.9 Å². The average Bonchev–Trinajstić information content (AvgIpc) is 2.74. The molecule has 3 heteroatoms. The van der Waals surface area contributed by atoms with Crippen molar-refractivity contribution in [3.05, 3.63) is 66.2 Å². The fraction of sp³-hybridized carbons (Fsp3) is 0.417. The van der Waals surface area contributed by atoms with Gasteiger partial charge in [0.2, 0.25) is 5.79 Å². The van der Waals surface area contributed by atoms with Crippen LogP contribution in [0.3, 0.4) is 0 Å². The van der Waals surface area contributed by atoms with Crippen molar-refractivity contribution in [3.8, 4) is 11.1 Å². The third-order valence-corrected chi connectivity index (χ3v) is 6.07. The summed E-state index contributed by atoms with van der Waals surface area (Å²) in [4.78, 5) is 11.8. The maximum atomic E-state index is 6.48. The summed E-state index contributed by atoms with van der Waals surface area (Å²) in [5, 5.41) is 0. The zero-order chi connectivity index (χ0) is 18.1. The van der Waals surface area contributed by atoms with Gasteiger partial charge in [-0.3, -0.25) is 0 Å². The fourth-order valence-electron chi connectivity index (χ4n) is 4.60. The molecule has 1 heterocycles. The van der Waals surface area contributed by atoms with Gasteiger partial charge in [0.05, 0.1) is 6.10 Å². The van der Waals surface area contributed by atoms with Crippen LogP contribution in [0.15, 0.2) is 60.7 Å². The molecule has 2 atom stereocenters. The second-order valence-electron chi connectivity index (χ2n) is 7.91. The molecular weight excluding hydrogens is 336 g/mol. The molecule has 0 unspecified atom stereocenters. The van der Waals surface area contributed by atoms with Crippen LogP contribution in [0.5, 0.6) is 0 Å². The zero-order valence-corrected chi connectivity index (χ0v) is 15.6. The van der Waals surface area contributed by atoms with Crippen LogP contribution in [-0.2, 0) is 14.5 Å². The lowest BCUT2D eigenvalue weighted by molar-refractivity contribution is -0.499. The number of ether oxygens (including phenoxy) is 1. The first-order valence-electron chi connectivity index (χ1n) is 10.2. The lowest BCUT2D eigenvalue weighted by Crippen LogP contribution is -2.52. The molecule has 3 aliphatic rings. The predicted molar refractivity (Wildman–Crippen MR) is 106 cm³/mol. The molecule has 0 bridgehead atoms. The molecule has 140 valence electrons. The van der Waals surface area contributed by atoms with Crippen LogP contribution >= 0.6 is 0 Å². The van der Waals surface area contributed by atoms with Crippen LogP contribution in [0.1, 0.15) is 50.5 Å². The van der Waals surface area contributed by atoms with Gasteiger partial charge in [0, 0.05) is 12.8 Å². The van der Waals surface area contributed by atoms with Crippen molar-refractivity contribution >= 4 is 5.57 Å². The number of allylic oxidation sites excluding steroid dienone is 1. The van der Waals surface area contributed by atoms with Crippen molar-refractivity contribution < 1.29 is 14.5 Å². The van der Waals surface area contributed by atoms with Gasteiger partial charge in [-0.2, -0.15) is 0 Å². The molecule has 3 nitrogen and oxygen atoms in total. The fourth-order valence-corrected chi connectivity index (χ4v) is 4.60. The smallest absolute Gasteiger partial charge is 0.201 e. The lowest BCUT2D eigenvalue weighted by Gasteiger charge is -2.46. The summed E-state index contributed by atoms with van der Waals surface area (Å²) in [5.74, 6) is -0.501. The minimum atomic E-state index is -0.501. The van der Waals surface area contributed by atoms with E-state index in [1.165, 1.54) is 28.7 Å². The minimum Gasteiger partial charge on any atom is -0.341 e. The van der Waals surface area contributed by atoms with Gasteiger partial charge in [0.15, 0.2) is 0 Å². The van der Waals surface area contributed by atoms with Crippen LogP contribution < -0.4 is 0 Å². The Hall–Kier alpha value is -1.94. The summed E-state index contributed by atoms with van der Waals surface area (Å²) in [7, 11) is 0. The third kappa shape index (κ3) is 3.36. The van der Waals surface area contributed by atoms with E-state index in [-0.39, 0.29) is 12.2 Å². The molecule has 2 aromatic carbocycles. The highest BCUT2D eigenvalue weighted by Crippen LogP contribution is 2.43. The molecule has 0 aromatic heterocycles. The molecule has 1 saturated carbocycles. The van der Waals surface area contributed by atoms with Crippen LogP contribution in [0.4, 0.5) is 0 Å². The highest BCUT2D eigenvalue weighted by atomic mass is 17.2. The molecule has 1 aliphatic heterocycles. The van der Waals surface area contributed by atoms with Gasteiger partial charge in [-0.15, -0.1) is 0 Å². The van der Waals surface area contributed by atoms with E-state index < -0.39 is 5.79 Å². The lowest BCUT2D eigenvalue weighted by atomic mass is 9.86. The zero-order valence-electron chi connectivity index (χ0n) is 15.6. The van der Waals surface area contributed by atoms with E-state index in [0.717, 1.165) is 38.5 Å². The second kappa shape index (κ2) is 7.23. The SMILES string of the molecule is C1=C(c2ccc(-c3ccccc3)cc2)[C@@H]2OOC3(CCCCC3)O[C@H]2CC1. The molecule has 0 N–H and O–H groups in total. The van der Waals surface area contributed by atoms with Gasteiger partial charge in [0.1, 0.15) is 6.10 Å². The van der Waals surface area contributed by atoms with Crippen LogP contribution in [0.2, 0.25) is 0 Å². The standard InChI is InChI=1S/C24H26O3/c1-3-8-18(9-4-1)19-12-14-20(15-13-19)21-10-7-11-22-23(21)26-27-24(25-22)16-5-2-6-17-24/h1,3-4,8-10,12-15,22-23H,2,5-7,11,16-17H2/t22-,23-/m0/s1. The molecule has 1 saturated heterocycles. The Balaban J connectivity index is 1.36. The van der Waals surface area contributed by atoms with E-state index in [9.17, 15) is 0 Å². The largest absolute Gasteiger partial charge is 0.341 e. The number of hydrogen-bond acceptors (Lipinski definition) is 3. The molecule has 2 aromatic rings. The molecule has 1 spiro atoms. The summed E-state index contributed by atoms with van der Waals surface area (Å²) < 4.78 is 6.48. The van der Waals surface area contributed by atoms with E-state index in [2.05, 4.69) is 54.6 Å². The molecular formula is C24H26O3. The summed E-state index contributed by atoms with van der Waals surface area (Å²) in [6, 6.07) is 19.2. The van der Waals surface area contributed by atoms with Gasteiger partial charge >= 0.3 is 0 Å². The van der Waals surface area contributed by atoms with E-state index in [1.54, 1.807) is 0 Å². The first kappa shape index (κ1) is 17.2. The maximum Gasteiger partial charge on any atom is 0.201 e. The molecule has 5 rings (SSSR count). The number of benzene rings is 2. The molecule has 0 amide bonds. The summed E-state index contributed by atoms with van der Waals surface area (Å²) in [5.41, 5.74) is 4.85. The van der Waals surface area contributed by atoms with E-state index in [1.807, 2.05) is 6.07 Å². The molecule has 2 aliphatic carbocycles. The Bertz CT molecular complexity index is 803. The topological polar surface area (TPSA) is 27.7 Å². The van der Waals surface area contributed by atoms with Gasteiger partial charge in [0.25, 0.3) is 0 Å². The molecule has 27 heavy (non-hydrogen) atoms. The maximum absolute atomic E-state index is 6.48. The van der Waals surface area contributed by atoms with Crippen molar-refractivity contribution in [1.82, 2.24) is 0 Å². The van der Waals surface area contributed by atoms with Crippen molar-refractivity contribution in [1.29, 1.82) is 0 Å². The van der Waals surface area contributed by atoms with Crippen molar-refractivity contribution in [3.63, 3.8) is 0 Å². The van der Waals surface area contributed by atoms with Crippen molar-refractivity contribution in [2.24, 2.45) is 0 Å². The average molecular weight is 362 g/mol. The van der Waals surface area contributed by atoms with E-state index in [0.29, 0.717) is 0 Å². The third-order valence-electron chi connectivity index (χ3n) is 6.07. The minimum absolute atomic E-state index is 0.0886. The first-order chi connectivity index (χ1) is 13.3. The Labute approximate surface area is 160 Å². The highest BCUT2D eigenvalue weighted by molar-refractivity contribution is 5.73. The van der Waals surface area contributed by atoms with Gasteiger partial charge < -0.3 is 4.74 Å². The Morgan fingerprint density at radius 1 is 0.778 bits per heavy atom. The summed E-state index contributed by atoms with van der Waals surface area (Å²) in [6.07, 6.45) is 9.74. The Morgan fingerprint density at radius 3 is 2.26 bits per heavy atom. The van der Waals surface area contributed by atoms with E-state index in [4.69, 9.17) is 14.5 Å². The van der Waals surface area contributed by atoms with E-state index >= 15 is 0 Å². The van der Waals surface area contributed by atoms with Crippen molar-refractivity contribution in [2.75, 3.05) is 0 Å². The summed E-state index contributed by atoms with van der Waals surface area (Å²) in [6.45, 7) is 0. The summed E-state index contributed by atoms with van der Waals surface area (Å²) >= 11 is 0. The number of fused-ring (bicyclic) bond motifs is 1. The van der Waals surface area contributed by atoms with Crippen LogP contribution in [-0.4, -0.2) is 18.0 Å². The van der Waals surface area contributed by atoms with Crippen LogP contribution in [0.25, 0.3) is 16.7 Å². The van der Waals surface area contributed by atoms with Crippen molar-refractivity contribution in [2.45, 2.75) is 62.9 Å². The Kier molecular flexibility index (Phi) is 4.60. The normalized spacial score (nSPS) is 27.0.